The van der Waals surface area contributed by atoms with Gasteiger partial charge in [-0.1, -0.05) is 18.8 Å². The van der Waals surface area contributed by atoms with Crippen LogP contribution in [0.15, 0.2) is 12.1 Å². The van der Waals surface area contributed by atoms with Gasteiger partial charge in [-0.05, 0) is 12.1 Å². The van der Waals surface area contributed by atoms with Gasteiger partial charge in [-0.3, -0.25) is 9.00 Å². The zero-order valence-corrected chi connectivity index (χ0v) is 12.4. The zero-order chi connectivity index (χ0) is 14.1. The van der Waals surface area contributed by atoms with Crippen LogP contribution in [0.2, 0.25) is 0 Å². The Morgan fingerprint density at radius 2 is 2.32 bits per heavy atom. The van der Waals surface area contributed by atoms with Crippen LogP contribution >= 0.6 is 11.3 Å². The van der Waals surface area contributed by atoms with Crippen molar-refractivity contribution in [1.82, 2.24) is 5.32 Å². The molecule has 1 heterocycles. The molecule has 0 saturated heterocycles. The molecule has 1 amide bonds. The lowest BCUT2D eigenvalue weighted by Gasteiger charge is -2.02. The van der Waals surface area contributed by atoms with Gasteiger partial charge in [0.15, 0.2) is 0 Å². The molecule has 0 bridgehead atoms. The fraction of sp³-hybridized carbons (Fsp3) is 0.462. The normalized spacial score (nSPS) is 11.5. The highest BCUT2D eigenvalue weighted by molar-refractivity contribution is 7.84. The maximum absolute atomic E-state index is 11.8. The summed E-state index contributed by atoms with van der Waals surface area (Å²) >= 11 is 1.31. The van der Waals surface area contributed by atoms with Crippen molar-refractivity contribution in [2.24, 2.45) is 0 Å². The Bertz CT molecular complexity index is 499. The van der Waals surface area contributed by atoms with Crippen LogP contribution in [0.1, 0.15) is 27.9 Å². The van der Waals surface area contributed by atoms with Crippen LogP contribution in [0.5, 0.6) is 0 Å². The first-order chi connectivity index (χ1) is 9.17. The first kappa shape index (κ1) is 15.9. The van der Waals surface area contributed by atoms with Crippen LogP contribution in [0, 0.1) is 11.8 Å². The molecular weight excluding hydrogens is 282 g/mol. The van der Waals surface area contributed by atoms with Crippen LogP contribution in [0.4, 0.5) is 0 Å². The highest BCUT2D eigenvalue weighted by Crippen LogP contribution is 2.15. The quantitative estimate of drug-likeness (QED) is 0.770. The highest BCUT2D eigenvalue weighted by Gasteiger charge is 2.08. The van der Waals surface area contributed by atoms with E-state index in [-0.39, 0.29) is 12.5 Å². The Labute approximate surface area is 119 Å². The Balaban J connectivity index is 2.45. The minimum Gasteiger partial charge on any atom is -0.395 e. The smallest absolute Gasteiger partial charge is 0.261 e. The molecule has 0 radical (unpaired) electrons. The van der Waals surface area contributed by atoms with E-state index >= 15 is 0 Å². The second-order valence-electron chi connectivity index (χ2n) is 3.63. The summed E-state index contributed by atoms with van der Waals surface area (Å²) in [7, 11) is -0.857. The summed E-state index contributed by atoms with van der Waals surface area (Å²) in [5.74, 6) is 6.63. The van der Waals surface area contributed by atoms with Crippen molar-refractivity contribution in [3.8, 4) is 11.8 Å². The number of thiophene rings is 1. The van der Waals surface area contributed by atoms with Gasteiger partial charge in [0.1, 0.15) is 0 Å². The molecule has 1 unspecified atom stereocenters. The third-order valence-corrected chi connectivity index (χ3v) is 4.52. The molecule has 4 nitrogen and oxygen atoms in total. The molecule has 0 aliphatic rings. The van der Waals surface area contributed by atoms with Gasteiger partial charge >= 0.3 is 0 Å². The van der Waals surface area contributed by atoms with Gasteiger partial charge < -0.3 is 10.4 Å². The van der Waals surface area contributed by atoms with Crippen LogP contribution in [0.3, 0.4) is 0 Å². The summed E-state index contributed by atoms with van der Waals surface area (Å²) in [6.45, 7) is 2.32. The monoisotopic (exact) mass is 299 g/mol. The number of hydrogen-bond acceptors (Lipinski definition) is 4. The highest BCUT2D eigenvalue weighted by atomic mass is 32.2. The standard InChI is InChI=1S/C13H17NO3S2/c1-2-19(17)10-8-14-13(16)12-7-6-11(18-12)5-3-4-9-15/h6-7,15H,2,4,8-10H2,1H3,(H,14,16). The first-order valence-electron chi connectivity index (χ1n) is 6.00. The third kappa shape index (κ3) is 6.01. The molecule has 0 aliphatic carbocycles. The van der Waals surface area contributed by atoms with Crippen molar-refractivity contribution in [3.05, 3.63) is 21.9 Å². The summed E-state index contributed by atoms with van der Waals surface area (Å²) in [6.07, 6.45) is 0.433. The summed E-state index contributed by atoms with van der Waals surface area (Å²) in [5, 5.41) is 11.3. The molecule has 1 rings (SSSR count). The van der Waals surface area contributed by atoms with Crippen molar-refractivity contribution in [3.63, 3.8) is 0 Å². The Kier molecular flexibility index (Phi) is 7.41. The topological polar surface area (TPSA) is 66.4 Å². The molecule has 0 fully saturated rings. The van der Waals surface area contributed by atoms with Crippen LogP contribution in [-0.2, 0) is 10.8 Å². The lowest BCUT2D eigenvalue weighted by molar-refractivity contribution is 0.0960. The van der Waals surface area contributed by atoms with E-state index in [0.29, 0.717) is 29.3 Å². The number of aliphatic hydroxyl groups excluding tert-OH is 1. The second-order valence-corrected chi connectivity index (χ2v) is 6.58. The molecule has 0 saturated carbocycles. The van der Waals surface area contributed by atoms with Crippen LogP contribution in [-0.4, -0.2) is 39.9 Å². The minimum atomic E-state index is -0.857. The molecule has 1 atom stereocenters. The molecule has 0 aromatic carbocycles. The van der Waals surface area contributed by atoms with Gasteiger partial charge in [-0.2, -0.15) is 0 Å². The van der Waals surface area contributed by atoms with Crippen molar-refractivity contribution < 1.29 is 14.1 Å². The van der Waals surface area contributed by atoms with E-state index in [0.717, 1.165) is 4.88 Å². The molecular formula is C13H17NO3S2. The fourth-order valence-corrected chi connectivity index (χ4v) is 2.66. The van der Waals surface area contributed by atoms with Gasteiger partial charge in [-0.15, -0.1) is 11.3 Å². The maximum atomic E-state index is 11.8. The number of nitrogens with one attached hydrogen (secondary N) is 1. The van der Waals surface area contributed by atoms with Crippen molar-refractivity contribution in [2.45, 2.75) is 13.3 Å². The SMILES string of the molecule is CCS(=O)CCNC(=O)c1ccc(C#CCCO)s1. The van der Waals surface area contributed by atoms with E-state index in [2.05, 4.69) is 17.2 Å². The first-order valence-corrected chi connectivity index (χ1v) is 8.30. The van der Waals surface area contributed by atoms with Crippen molar-refractivity contribution in [2.75, 3.05) is 24.7 Å². The third-order valence-electron chi connectivity index (χ3n) is 2.22. The lowest BCUT2D eigenvalue weighted by atomic mass is 10.4. The molecule has 6 heteroatoms. The van der Waals surface area contributed by atoms with Gasteiger partial charge in [0.05, 0.1) is 16.4 Å². The minimum absolute atomic E-state index is 0.0420. The molecule has 104 valence electrons. The number of amides is 1. The average molecular weight is 299 g/mol. The van der Waals surface area contributed by atoms with E-state index in [1.807, 2.05) is 6.92 Å². The number of hydrogen-bond donors (Lipinski definition) is 2. The largest absolute Gasteiger partial charge is 0.395 e. The number of carbonyl (C=O) groups excluding carboxylic acids is 1. The predicted molar refractivity (Wildman–Crippen MR) is 78.8 cm³/mol. The summed E-state index contributed by atoms with van der Waals surface area (Å²) in [5.41, 5.74) is 0. The van der Waals surface area contributed by atoms with Crippen LogP contribution in [0.25, 0.3) is 0 Å². The predicted octanol–water partition coefficient (Wildman–Crippen LogP) is 0.980. The number of rotatable bonds is 6. The van der Waals surface area contributed by atoms with E-state index in [1.54, 1.807) is 12.1 Å². The molecule has 0 aliphatic heterocycles. The van der Waals surface area contributed by atoms with E-state index in [9.17, 15) is 9.00 Å². The summed E-state index contributed by atoms with van der Waals surface area (Å²) in [4.78, 5) is 13.2. The maximum Gasteiger partial charge on any atom is 0.261 e. The van der Waals surface area contributed by atoms with Gasteiger partial charge in [0.2, 0.25) is 0 Å². The second kappa shape index (κ2) is 8.86. The Morgan fingerprint density at radius 3 is 3.00 bits per heavy atom. The van der Waals surface area contributed by atoms with E-state index in [4.69, 9.17) is 5.11 Å². The average Bonchev–Trinajstić information content (AvgIpc) is 2.87. The Morgan fingerprint density at radius 1 is 1.53 bits per heavy atom. The zero-order valence-electron chi connectivity index (χ0n) is 10.8. The lowest BCUT2D eigenvalue weighted by Crippen LogP contribution is -2.27. The fourth-order valence-electron chi connectivity index (χ4n) is 1.24. The molecule has 19 heavy (non-hydrogen) atoms. The van der Waals surface area contributed by atoms with Crippen molar-refractivity contribution >= 4 is 28.0 Å². The van der Waals surface area contributed by atoms with Crippen LogP contribution < -0.4 is 5.32 Å². The molecule has 0 spiro atoms. The summed E-state index contributed by atoms with van der Waals surface area (Å²) in [6, 6.07) is 3.51. The number of aliphatic hydroxyl groups is 1. The summed E-state index contributed by atoms with van der Waals surface area (Å²) < 4.78 is 11.2. The van der Waals surface area contributed by atoms with E-state index in [1.165, 1.54) is 11.3 Å². The van der Waals surface area contributed by atoms with Gasteiger partial charge in [-0.25, -0.2) is 0 Å². The van der Waals surface area contributed by atoms with Gasteiger partial charge in [0, 0.05) is 35.3 Å². The molecule has 2 N–H and O–H groups in total. The molecule has 1 aromatic rings. The van der Waals surface area contributed by atoms with E-state index < -0.39 is 10.8 Å². The van der Waals surface area contributed by atoms with Crippen molar-refractivity contribution in [1.29, 1.82) is 0 Å². The molecule has 1 aromatic heterocycles. The number of carbonyl (C=O) groups is 1. The van der Waals surface area contributed by atoms with Gasteiger partial charge in [0.25, 0.3) is 5.91 Å². The Hall–Kier alpha value is -1.16.